The van der Waals surface area contributed by atoms with Crippen molar-refractivity contribution in [3.8, 4) is 11.5 Å². The lowest BCUT2D eigenvalue weighted by Crippen LogP contribution is -2.31. The summed E-state index contributed by atoms with van der Waals surface area (Å²) in [4.78, 5) is 39.5. The molecule has 1 aliphatic rings. The van der Waals surface area contributed by atoms with Crippen LogP contribution in [0, 0.1) is 5.92 Å². The Balaban J connectivity index is 2.19. The third-order valence-electron chi connectivity index (χ3n) is 5.05. The Bertz CT molecular complexity index is 1160. The smallest absolute Gasteiger partial charge is 0.319 e. The van der Waals surface area contributed by atoms with E-state index < -0.39 is 39.6 Å². The van der Waals surface area contributed by atoms with Crippen LogP contribution in [0.1, 0.15) is 18.5 Å². The number of primary sulfonamides is 1. The van der Waals surface area contributed by atoms with Crippen LogP contribution in [0.5, 0.6) is 11.5 Å². The number of sulfonamides is 1. The zero-order valence-electron chi connectivity index (χ0n) is 17.6. The second kappa shape index (κ2) is 8.97. The van der Waals surface area contributed by atoms with Gasteiger partial charge in [0.2, 0.25) is 15.8 Å². The molecule has 1 amide bonds. The van der Waals surface area contributed by atoms with Gasteiger partial charge in [-0.25, -0.2) is 13.6 Å². The van der Waals surface area contributed by atoms with Crippen LogP contribution in [0.15, 0.2) is 47.4 Å². The quantitative estimate of drug-likeness (QED) is 0.367. The summed E-state index contributed by atoms with van der Waals surface area (Å²) in [6.45, 7) is 1.61. The molecule has 0 unspecified atom stereocenters. The maximum Gasteiger partial charge on any atom is 0.319 e. The fourth-order valence-corrected chi connectivity index (χ4v) is 4.11. The predicted octanol–water partition coefficient (Wildman–Crippen LogP) is 1.19. The largest absolute Gasteiger partial charge is 0.497 e. The van der Waals surface area contributed by atoms with Crippen molar-refractivity contribution in [1.82, 2.24) is 0 Å². The first kappa shape index (κ1) is 23.2. The van der Waals surface area contributed by atoms with Crippen LogP contribution in [-0.4, -0.2) is 46.9 Å². The molecule has 0 aliphatic carbocycles. The van der Waals surface area contributed by atoms with Gasteiger partial charge in [-0.3, -0.25) is 19.3 Å². The number of rotatable bonds is 7. The standard InChI is InChI=1S/C21H22N2O8S/c1-4-31-21(26)17-18(15-10-7-13(29-2)11-16(15)30-3)23(20(25)19(17)24)12-5-8-14(9-6-12)32(22,27)28/h5-11,17-18H,4H2,1-3H3,(H2,22,27,28)/t17-,18+/m0/s1. The molecule has 2 aromatic rings. The predicted molar refractivity (Wildman–Crippen MR) is 113 cm³/mol. The number of nitrogens with zero attached hydrogens (tertiary/aromatic N) is 1. The highest BCUT2D eigenvalue weighted by atomic mass is 32.2. The lowest BCUT2D eigenvalue weighted by Gasteiger charge is -2.28. The summed E-state index contributed by atoms with van der Waals surface area (Å²) in [7, 11) is -1.09. The van der Waals surface area contributed by atoms with Crippen molar-refractivity contribution >= 4 is 33.4 Å². The number of benzene rings is 2. The first-order valence-corrected chi connectivity index (χ1v) is 11.1. The fourth-order valence-electron chi connectivity index (χ4n) is 3.59. The lowest BCUT2D eigenvalue weighted by atomic mass is 9.92. The number of carbonyl (C=O) groups is 3. The monoisotopic (exact) mass is 462 g/mol. The molecule has 0 radical (unpaired) electrons. The molecule has 2 atom stereocenters. The molecule has 2 N–H and O–H groups in total. The third-order valence-corrected chi connectivity index (χ3v) is 5.98. The van der Waals surface area contributed by atoms with E-state index >= 15 is 0 Å². The van der Waals surface area contributed by atoms with E-state index in [0.29, 0.717) is 11.3 Å². The van der Waals surface area contributed by atoms with Gasteiger partial charge in [0.1, 0.15) is 11.5 Å². The average molecular weight is 462 g/mol. The van der Waals surface area contributed by atoms with Crippen molar-refractivity contribution in [3.63, 3.8) is 0 Å². The number of anilines is 1. The van der Waals surface area contributed by atoms with Crippen LogP contribution in [0.25, 0.3) is 0 Å². The van der Waals surface area contributed by atoms with Crippen LogP contribution >= 0.6 is 0 Å². The Morgan fingerprint density at radius 2 is 1.72 bits per heavy atom. The molecule has 0 saturated carbocycles. The molecule has 3 rings (SSSR count). The summed E-state index contributed by atoms with van der Waals surface area (Å²) < 4.78 is 38.8. The van der Waals surface area contributed by atoms with Crippen LogP contribution in [0.4, 0.5) is 5.69 Å². The molecule has 32 heavy (non-hydrogen) atoms. The van der Waals surface area contributed by atoms with Gasteiger partial charge < -0.3 is 14.2 Å². The number of amides is 1. The minimum absolute atomic E-state index is 0.0202. The van der Waals surface area contributed by atoms with E-state index in [1.165, 1.54) is 38.5 Å². The van der Waals surface area contributed by atoms with Gasteiger partial charge in [-0.05, 0) is 43.3 Å². The fraction of sp³-hybridized carbons (Fsp3) is 0.286. The zero-order chi connectivity index (χ0) is 23.6. The second-order valence-electron chi connectivity index (χ2n) is 6.86. The number of carbonyl (C=O) groups excluding carboxylic acids is 3. The van der Waals surface area contributed by atoms with Crippen molar-refractivity contribution in [2.45, 2.75) is 17.9 Å². The van der Waals surface area contributed by atoms with Crippen molar-refractivity contribution in [3.05, 3.63) is 48.0 Å². The molecule has 1 saturated heterocycles. The number of nitrogens with two attached hydrogens (primary N) is 1. The van der Waals surface area contributed by atoms with E-state index in [1.54, 1.807) is 25.1 Å². The minimum atomic E-state index is -3.96. The average Bonchev–Trinajstić information content (AvgIpc) is 3.03. The Morgan fingerprint density at radius 1 is 1.06 bits per heavy atom. The van der Waals surface area contributed by atoms with Crippen LogP contribution in [0.3, 0.4) is 0 Å². The Kier molecular flexibility index (Phi) is 6.51. The zero-order valence-corrected chi connectivity index (χ0v) is 18.4. The highest BCUT2D eigenvalue weighted by molar-refractivity contribution is 7.89. The molecule has 11 heteroatoms. The molecule has 10 nitrogen and oxygen atoms in total. The lowest BCUT2D eigenvalue weighted by molar-refractivity contribution is -0.152. The van der Waals surface area contributed by atoms with E-state index in [0.717, 1.165) is 4.90 Å². The molecule has 0 aromatic heterocycles. The van der Waals surface area contributed by atoms with E-state index in [-0.39, 0.29) is 22.9 Å². The number of ketones is 1. The number of methoxy groups -OCH3 is 2. The number of hydrogen-bond acceptors (Lipinski definition) is 8. The van der Waals surface area contributed by atoms with Gasteiger partial charge in [-0.2, -0.15) is 0 Å². The summed E-state index contributed by atoms with van der Waals surface area (Å²) in [5.74, 6) is -3.41. The van der Waals surface area contributed by atoms with Crippen LogP contribution in [-0.2, 0) is 29.1 Å². The van der Waals surface area contributed by atoms with E-state index in [2.05, 4.69) is 0 Å². The van der Waals surface area contributed by atoms with Crippen molar-refractivity contribution < 1.29 is 37.0 Å². The van der Waals surface area contributed by atoms with Gasteiger partial charge in [0, 0.05) is 17.3 Å². The number of ether oxygens (including phenoxy) is 3. The third kappa shape index (κ3) is 4.16. The summed E-state index contributed by atoms with van der Waals surface area (Å²) in [5.41, 5.74) is 0.575. The van der Waals surface area contributed by atoms with E-state index in [4.69, 9.17) is 19.3 Å². The highest BCUT2D eigenvalue weighted by Crippen LogP contribution is 2.44. The van der Waals surface area contributed by atoms with Gasteiger partial charge >= 0.3 is 5.97 Å². The maximum atomic E-state index is 13.0. The number of esters is 1. The van der Waals surface area contributed by atoms with Gasteiger partial charge in [0.05, 0.1) is 31.8 Å². The highest BCUT2D eigenvalue weighted by Gasteiger charge is 2.54. The first-order chi connectivity index (χ1) is 15.1. The SMILES string of the molecule is CCOC(=O)[C@@H]1C(=O)C(=O)N(c2ccc(S(N)(=O)=O)cc2)[C@@H]1c1ccc(OC)cc1OC. The molecule has 1 fully saturated rings. The van der Waals surface area contributed by atoms with Gasteiger partial charge in [0.15, 0.2) is 5.92 Å². The molecule has 1 aliphatic heterocycles. The Hall–Kier alpha value is -3.44. The summed E-state index contributed by atoms with van der Waals surface area (Å²) in [6, 6.07) is 8.76. The van der Waals surface area contributed by atoms with Crippen molar-refractivity contribution in [1.29, 1.82) is 0 Å². The summed E-state index contributed by atoms with van der Waals surface area (Å²) in [6.07, 6.45) is 0. The van der Waals surface area contributed by atoms with Crippen LogP contribution in [0.2, 0.25) is 0 Å². The first-order valence-electron chi connectivity index (χ1n) is 9.52. The Morgan fingerprint density at radius 3 is 2.25 bits per heavy atom. The molecular formula is C21H22N2O8S. The maximum absolute atomic E-state index is 13.0. The van der Waals surface area contributed by atoms with E-state index in [9.17, 15) is 22.8 Å². The summed E-state index contributed by atoms with van der Waals surface area (Å²) >= 11 is 0. The van der Waals surface area contributed by atoms with Crippen molar-refractivity contribution in [2.75, 3.05) is 25.7 Å². The second-order valence-corrected chi connectivity index (χ2v) is 8.42. The summed E-state index contributed by atoms with van der Waals surface area (Å²) in [5, 5.41) is 5.14. The molecule has 2 aromatic carbocycles. The number of hydrogen-bond donors (Lipinski definition) is 1. The van der Waals surface area contributed by atoms with Gasteiger partial charge in [-0.15, -0.1) is 0 Å². The minimum Gasteiger partial charge on any atom is -0.497 e. The molecule has 1 heterocycles. The van der Waals surface area contributed by atoms with Crippen LogP contribution < -0.4 is 19.5 Å². The Labute approximate surface area is 184 Å². The van der Waals surface area contributed by atoms with E-state index in [1.807, 2.05) is 0 Å². The van der Waals surface area contributed by atoms with Gasteiger partial charge in [-0.1, -0.05) is 0 Å². The molecular weight excluding hydrogens is 440 g/mol. The van der Waals surface area contributed by atoms with Gasteiger partial charge in [0.25, 0.3) is 5.91 Å². The molecule has 0 spiro atoms. The topological polar surface area (TPSA) is 142 Å². The molecule has 0 bridgehead atoms. The normalized spacial score (nSPS) is 18.6. The molecule has 170 valence electrons. The number of Topliss-reactive ketones (excluding diaryl/α,β-unsaturated/α-hetero) is 1. The van der Waals surface area contributed by atoms with Crippen molar-refractivity contribution in [2.24, 2.45) is 11.1 Å².